The standard InChI is InChI=1S/C21H22BrNO5S/c1-20(2,16-7-4-13(22)9-17(16)27-3)11-21(26,29)19(25)23-14-5-6-15-12(8-14)10-28-18(15)24/h4-9,26,29H,10-11H2,1-3H3,(H,23,25). The molecule has 1 heterocycles. The van der Waals surface area contributed by atoms with Crippen LogP contribution in [0.25, 0.3) is 0 Å². The number of hydrogen-bond donors (Lipinski definition) is 3. The molecule has 1 aliphatic heterocycles. The normalized spacial score (nSPS) is 15.3. The molecule has 2 aromatic rings. The summed E-state index contributed by atoms with van der Waals surface area (Å²) in [6.45, 7) is 3.98. The van der Waals surface area contributed by atoms with Crippen molar-refractivity contribution in [2.45, 2.75) is 37.2 Å². The van der Waals surface area contributed by atoms with Gasteiger partial charge in [-0.2, -0.15) is 0 Å². The second kappa shape index (κ2) is 8.01. The number of rotatable bonds is 6. The lowest BCUT2D eigenvalue weighted by Gasteiger charge is -2.33. The minimum absolute atomic E-state index is 0.0411. The van der Waals surface area contributed by atoms with Crippen molar-refractivity contribution in [1.82, 2.24) is 0 Å². The number of thiol groups is 1. The average Bonchev–Trinajstić information content (AvgIpc) is 3.00. The fraction of sp³-hybridized carbons (Fsp3) is 0.333. The van der Waals surface area contributed by atoms with Gasteiger partial charge in [0.15, 0.2) is 4.93 Å². The fourth-order valence-electron chi connectivity index (χ4n) is 3.46. The van der Waals surface area contributed by atoms with Crippen LogP contribution in [0.2, 0.25) is 0 Å². The zero-order valence-corrected chi connectivity index (χ0v) is 18.8. The molecule has 1 unspecified atom stereocenters. The Bertz CT molecular complexity index is 974. The summed E-state index contributed by atoms with van der Waals surface area (Å²) in [6.07, 6.45) is 0.0411. The Morgan fingerprint density at radius 3 is 2.72 bits per heavy atom. The predicted molar refractivity (Wildman–Crippen MR) is 116 cm³/mol. The molecule has 0 spiro atoms. The second-order valence-corrected chi connectivity index (χ2v) is 9.28. The summed E-state index contributed by atoms with van der Waals surface area (Å²) >= 11 is 7.66. The van der Waals surface area contributed by atoms with Crippen molar-refractivity contribution in [3.63, 3.8) is 0 Å². The monoisotopic (exact) mass is 479 g/mol. The SMILES string of the molecule is COc1cc(Br)ccc1C(C)(C)CC(O)(S)C(=O)Nc1ccc2c(c1)COC2=O. The van der Waals surface area contributed by atoms with E-state index in [9.17, 15) is 14.7 Å². The Kier molecular flexibility index (Phi) is 5.98. The number of fused-ring (bicyclic) bond motifs is 1. The van der Waals surface area contributed by atoms with Crippen molar-refractivity contribution in [2.75, 3.05) is 12.4 Å². The van der Waals surface area contributed by atoms with Crippen molar-refractivity contribution in [3.05, 3.63) is 57.6 Å². The molecule has 154 valence electrons. The van der Waals surface area contributed by atoms with Crippen molar-refractivity contribution >= 4 is 46.1 Å². The highest BCUT2D eigenvalue weighted by atomic mass is 79.9. The van der Waals surface area contributed by atoms with Gasteiger partial charge in [0.2, 0.25) is 0 Å². The number of methoxy groups -OCH3 is 1. The summed E-state index contributed by atoms with van der Waals surface area (Å²) in [5, 5.41) is 13.5. The van der Waals surface area contributed by atoms with Gasteiger partial charge in [0, 0.05) is 22.1 Å². The molecule has 2 aromatic carbocycles. The van der Waals surface area contributed by atoms with Gasteiger partial charge in [-0.15, -0.1) is 12.6 Å². The number of benzene rings is 2. The Hall–Kier alpha value is -2.03. The summed E-state index contributed by atoms with van der Waals surface area (Å²) in [6, 6.07) is 10.4. The Morgan fingerprint density at radius 2 is 2.03 bits per heavy atom. The molecule has 3 rings (SSSR count). The Labute approximate surface area is 183 Å². The van der Waals surface area contributed by atoms with Crippen LogP contribution in [0.4, 0.5) is 5.69 Å². The van der Waals surface area contributed by atoms with Gasteiger partial charge in [-0.1, -0.05) is 35.8 Å². The van der Waals surface area contributed by atoms with Gasteiger partial charge >= 0.3 is 5.97 Å². The zero-order valence-electron chi connectivity index (χ0n) is 16.3. The topological polar surface area (TPSA) is 84.9 Å². The minimum Gasteiger partial charge on any atom is -0.496 e. The number of anilines is 1. The van der Waals surface area contributed by atoms with Crippen LogP contribution < -0.4 is 10.1 Å². The molecule has 0 radical (unpaired) electrons. The molecule has 29 heavy (non-hydrogen) atoms. The third kappa shape index (κ3) is 4.60. The smallest absolute Gasteiger partial charge is 0.338 e. The summed E-state index contributed by atoms with van der Waals surface area (Å²) < 4.78 is 11.3. The van der Waals surface area contributed by atoms with Gasteiger partial charge in [-0.3, -0.25) is 4.79 Å². The van der Waals surface area contributed by atoms with Crippen LogP contribution in [0.15, 0.2) is 40.9 Å². The lowest BCUT2D eigenvalue weighted by atomic mass is 9.78. The number of esters is 1. The molecule has 0 saturated carbocycles. The van der Waals surface area contributed by atoms with Crippen molar-refractivity contribution in [1.29, 1.82) is 0 Å². The maximum atomic E-state index is 12.7. The molecule has 1 atom stereocenters. The number of cyclic esters (lactones) is 1. The lowest BCUT2D eigenvalue weighted by Crippen LogP contribution is -2.42. The highest BCUT2D eigenvalue weighted by molar-refractivity contribution is 9.10. The molecule has 2 N–H and O–H groups in total. The number of amides is 1. The maximum absolute atomic E-state index is 12.7. The van der Waals surface area contributed by atoms with Crippen LogP contribution in [0.1, 0.15) is 41.8 Å². The van der Waals surface area contributed by atoms with E-state index in [-0.39, 0.29) is 19.0 Å². The lowest BCUT2D eigenvalue weighted by molar-refractivity contribution is -0.127. The zero-order chi connectivity index (χ0) is 21.4. The number of nitrogens with one attached hydrogen (secondary N) is 1. The molecule has 0 bridgehead atoms. The number of ether oxygens (including phenoxy) is 2. The fourth-order valence-corrected chi connectivity index (χ4v) is 4.25. The van der Waals surface area contributed by atoms with Crippen LogP contribution in [0.3, 0.4) is 0 Å². The second-order valence-electron chi connectivity index (χ2n) is 7.62. The molecule has 8 heteroatoms. The van der Waals surface area contributed by atoms with Crippen LogP contribution in [-0.2, 0) is 21.6 Å². The minimum atomic E-state index is -1.94. The molecule has 0 aromatic heterocycles. The van der Waals surface area contributed by atoms with Gasteiger partial charge in [-0.25, -0.2) is 4.79 Å². The quantitative estimate of drug-likeness (QED) is 0.330. The molecule has 1 amide bonds. The van der Waals surface area contributed by atoms with Crippen LogP contribution in [0.5, 0.6) is 5.75 Å². The van der Waals surface area contributed by atoms with Crippen LogP contribution >= 0.6 is 28.6 Å². The number of hydrogen-bond acceptors (Lipinski definition) is 6. The van der Waals surface area contributed by atoms with E-state index < -0.39 is 16.3 Å². The molecular weight excluding hydrogens is 458 g/mol. The first kappa shape index (κ1) is 21.7. The molecule has 0 saturated heterocycles. The summed E-state index contributed by atoms with van der Waals surface area (Å²) in [5.41, 5.74) is 1.86. The third-order valence-electron chi connectivity index (χ3n) is 4.89. The first-order valence-corrected chi connectivity index (χ1v) is 10.2. The summed E-state index contributed by atoms with van der Waals surface area (Å²) in [4.78, 5) is 22.4. The van der Waals surface area contributed by atoms with Gasteiger partial charge in [0.25, 0.3) is 5.91 Å². The van der Waals surface area contributed by atoms with E-state index in [0.29, 0.717) is 22.6 Å². The van der Waals surface area contributed by atoms with Gasteiger partial charge in [0.1, 0.15) is 12.4 Å². The molecule has 6 nitrogen and oxygen atoms in total. The Morgan fingerprint density at radius 1 is 1.31 bits per heavy atom. The third-order valence-corrected chi connectivity index (χ3v) is 5.74. The highest BCUT2D eigenvalue weighted by Crippen LogP contribution is 2.40. The molecule has 1 aliphatic rings. The highest BCUT2D eigenvalue weighted by Gasteiger charge is 2.40. The van der Waals surface area contributed by atoms with E-state index in [4.69, 9.17) is 9.47 Å². The molecule has 0 aliphatic carbocycles. The summed E-state index contributed by atoms with van der Waals surface area (Å²) in [5.74, 6) is -0.388. The number of carbonyl (C=O) groups is 2. The number of carbonyl (C=O) groups excluding carboxylic acids is 2. The van der Waals surface area contributed by atoms with E-state index >= 15 is 0 Å². The van der Waals surface area contributed by atoms with Gasteiger partial charge < -0.3 is 19.9 Å². The van der Waals surface area contributed by atoms with E-state index in [1.54, 1.807) is 25.3 Å². The first-order chi connectivity index (χ1) is 13.5. The number of halogens is 1. The van der Waals surface area contributed by atoms with Crippen molar-refractivity contribution in [3.8, 4) is 5.75 Å². The van der Waals surface area contributed by atoms with Gasteiger partial charge in [-0.05, 0) is 41.3 Å². The maximum Gasteiger partial charge on any atom is 0.338 e. The van der Waals surface area contributed by atoms with E-state index in [1.165, 1.54) is 0 Å². The van der Waals surface area contributed by atoms with Crippen LogP contribution in [0, 0.1) is 0 Å². The average molecular weight is 480 g/mol. The summed E-state index contributed by atoms with van der Waals surface area (Å²) in [7, 11) is 1.57. The molecular formula is C21H22BrNO5S. The van der Waals surface area contributed by atoms with Crippen LogP contribution in [-0.4, -0.2) is 29.0 Å². The largest absolute Gasteiger partial charge is 0.496 e. The number of aliphatic hydroxyl groups is 1. The van der Waals surface area contributed by atoms with Crippen molar-refractivity contribution < 1.29 is 24.2 Å². The molecule has 0 fully saturated rings. The predicted octanol–water partition coefficient (Wildman–Crippen LogP) is 4.05. The van der Waals surface area contributed by atoms with Crippen molar-refractivity contribution in [2.24, 2.45) is 0 Å². The van der Waals surface area contributed by atoms with E-state index in [0.717, 1.165) is 10.0 Å². The Balaban J connectivity index is 1.78. The van der Waals surface area contributed by atoms with E-state index in [1.807, 2.05) is 32.0 Å². The van der Waals surface area contributed by atoms with E-state index in [2.05, 4.69) is 33.9 Å². The first-order valence-electron chi connectivity index (χ1n) is 8.94. The van der Waals surface area contributed by atoms with Gasteiger partial charge in [0.05, 0.1) is 12.7 Å².